The number of anilines is 1. The quantitative estimate of drug-likeness (QED) is 0.379. The minimum absolute atomic E-state index is 0.112. The Kier molecular flexibility index (Phi) is 6.94. The van der Waals surface area contributed by atoms with Crippen LogP contribution in [0, 0.1) is 0 Å². The van der Waals surface area contributed by atoms with Gasteiger partial charge in [0.25, 0.3) is 0 Å². The van der Waals surface area contributed by atoms with Crippen molar-refractivity contribution >= 4 is 22.9 Å². The number of aromatic nitrogens is 3. The summed E-state index contributed by atoms with van der Waals surface area (Å²) in [6.07, 6.45) is 3.58. The molecule has 3 N–H and O–H groups in total. The number of carbonyl (C=O) groups excluding carboxylic acids is 1. The number of nitrogens with zero attached hydrogens (tertiary/aromatic N) is 4. The Morgan fingerprint density at radius 3 is 2.53 bits per heavy atom. The van der Waals surface area contributed by atoms with Crippen LogP contribution in [-0.4, -0.2) is 55.4 Å². The van der Waals surface area contributed by atoms with Crippen LogP contribution in [0.25, 0.3) is 22.2 Å². The number of hydrogen-bond donors (Lipinski definition) is 2. The third-order valence-corrected chi connectivity index (χ3v) is 6.68. The first-order valence-corrected chi connectivity index (χ1v) is 12.7. The highest BCUT2D eigenvalue weighted by Crippen LogP contribution is 2.38. The molecule has 38 heavy (non-hydrogen) atoms. The predicted octanol–water partition coefficient (Wildman–Crippen LogP) is 4.80. The van der Waals surface area contributed by atoms with E-state index in [0.29, 0.717) is 31.0 Å². The molecule has 5 rings (SSSR count). The first-order chi connectivity index (χ1) is 18.2. The standard InChI is InChI=1S/C29H33N5O4/c1-29(2,3)38-28(36)34-14-21(13-22(34)16-35)33-15-24(25-26(30)31-18-32-27(25)33)20-9-11-23(12-10-20)37-17-19-7-5-4-6-8-19/h4-12,15,18,21-22,35H,13-14,16-17H2,1-3H3,(H2,30,31,32). The lowest BCUT2D eigenvalue weighted by Gasteiger charge is -2.27. The van der Waals surface area contributed by atoms with E-state index < -0.39 is 11.7 Å². The molecular weight excluding hydrogens is 482 g/mol. The molecule has 1 saturated heterocycles. The lowest BCUT2D eigenvalue weighted by molar-refractivity contribution is 0.0173. The molecule has 9 heteroatoms. The number of rotatable bonds is 6. The van der Waals surface area contributed by atoms with Gasteiger partial charge in [0.1, 0.15) is 35.7 Å². The molecule has 2 unspecified atom stereocenters. The van der Waals surface area contributed by atoms with Gasteiger partial charge in [-0.3, -0.25) is 0 Å². The second-order valence-corrected chi connectivity index (χ2v) is 10.6. The molecule has 2 aromatic carbocycles. The molecule has 2 atom stereocenters. The van der Waals surface area contributed by atoms with Gasteiger partial charge in [-0.15, -0.1) is 0 Å². The van der Waals surface area contributed by atoms with Crippen LogP contribution in [0.4, 0.5) is 10.6 Å². The van der Waals surface area contributed by atoms with E-state index in [9.17, 15) is 9.90 Å². The number of fused-ring (bicyclic) bond motifs is 1. The summed E-state index contributed by atoms with van der Waals surface area (Å²) in [7, 11) is 0. The molecular formula is C29H33N5O4. The Bertz CT molecular complexity index is 1410. The van der Waals surface area contributed by atoms with Crippen molar-refractivity contribution in [3.8, 4) is 16.9 Å². The zero-order valence-corrected chi connectivity index (χ0v) is 21.9. The Balaban J connectivity index is 1.42. The molecule has 0 spiro atoms. The fraction of sp³-hybridized carbons (Fsp3) is 0.345. The van der Waals surface area contributed by atoms with E-state index in [1.54, 1.807) is 4.90 Å². The van der Waals surface area contributed by atoms with E-state index in [1.807, 2.05) is 86.1 Å². The summed E-state index contributed by atoms with van der Waals surface area (Å²) in [5.41, 5.74) is 9.33. The lowest BCUT2D eigenvalue weighted by atomic mass is 10.1. The first-order valence-electron chi connectivity index (χ1n) is 12.7. The predicted molar refractivity (Wildman–Crippen MR) is 146 cm³/mol. The Labute approximate surface area is 221 Å². The summed E-state index contributed by atoms with van der Waals surface area (Å²) >= 11 is 0. The fourth-order valence-corrected chi connectivity index (χ4v) is 4.89. The van der Waals surface area contributed by atoms with E-state index >= 15 is 0 Å². The monoisotopic (exact) mass is 515 g/mol. The van der Waals surface area contributed by atoms with Crippen LogP contribution in [0.1, 0.15) is 38.8 Å². The highest BCUT2D eigenvalue weighted by molar-refractivity contribution is 6.00. The maximum absolute atomic E-state index is 12.9. The van der Waals surface area contributed by atoms with Crippen molar-refractivity contribution in [3.63, 3.8) is 0 Å². The van der Waals surface area contributed by atoms with Crippen LogP contribution in [0.15, 0.2) is 67.1 Å². The summed E-state index contributed by atoms with van der Waals surface area (Å²) in [6.45, 7) is 6.21. The van der Waals surface area contributed by atoms with Gasteiger partial charge in [-0.2, -0.15) is 0 Å². The average molecular weight is 516 g/mol. The number of likely N-dealkylation sites (tertiary alicyclic amines) is 1. The largest absolute Gasteiger partial charge is 0.489 e. The van der Waals surface area contributed by atoms with Gasteiger partial charge in [0, 0.05) is 18.3 Å². The molecule has 0 saturated carbocycles. The highest BCUT2D eigenvalue weighted by Gasteiger charge is 2.39. The lowest BCUT2D eigenvalue weighted by Crippen LogP contribution is -2.41. The van der Waals surface area contributed by atoms with Crippen LogP contribution < -0.4 is 10.5 Å². The van der Waals surface area contributed by atoms with E-state index in [1.165, 1.54) is 6.33 Å². The SMILES string of the molecule is CC(C)(C)OC(=O)N1CC(n2cc(-c3ccc(OCc4ccccc4)cc3)c3c(N)ncnc32)CC1CO. The van der Waals surface area contributed by atoms with E-state index in [-0.39, 0.29) is 18.7 Å². The molecule has 1 aliphatic rings. The number of aliphatic hydroxyl groups is 1. The minimum Gasteiger partial charge on any atom is -0.489 e. The Hall–Kier alpha value is -4.11. The highest BCUT2D eigenvalue weighted by atomic mass is 16.6. The number of aliphatic hydroxyl groups excluding tert-OH is 1. The van der Waals surface area contributed by atoms with Crippen molar-refractivity contribution in [2.45, 2.75) is 51.5 Å². The maximum Gasteiger partial charge on any atom is 0.410 e. The molecule has 3 heterocycles. The summed E-state index contributed by atoms with van der Waals surface area (Å²) in [5, 5.41) is 10.8. The van der Waals surface area contributed by atoms with Gasteiger partial charge >= 0.3 is 6.09 Å². The molecule has 198 valence electrons. The van der Waals surface area contributed by atoms with Crippen molar-refractivity contribution in [1.82, 2.24) is 19.4 Å². The third-order valence-electron chi connectivity index (χ3n) is 6.68. The molecule has 1 aliphatic heterocycles. The van der Waals surface area contributed by atoms with E-state index in [0.717, 1.165) is 27.8 Å². The molecule has 1 amide bonds. The summed E-state index contributed by atoms with van der Waals surface area (Å²) < 4.78 is 13.6. The van der Waals surface area contributed by atoms with Crippen LogP contribution in [0.5, 0.6) is 5.75 Å². The molecule has 0 aliphatic carbocycles. The van der Waals surface area contributed by atoms with Crippen LogP contribution in [-0.2, 0) is 11.3 Å². The van der Waals surface area contributed by atoms with Gasteiger partial charge in [0.15, 0.2) is 0 Å². The van der Waals surface area contributed by atoms with Crippen LogP contribution in [0.3, 0.4) is 0 Å². The van der Waals surface area contributed by atoms with E-state index in [4.69, 9.17) is 15.2 Å². The van der Waals surface area contributed by atoms with Crippen molar-refractivity contribution < 1.29 is 19.4 Å². The second kappa shape index (κ2) is 10.3. The minimum atomic E-state index is -0.624. The summed E-state index contributed by atoms with van der Waals surface area (Å²) in [6, 6.07) is 17.4. The number of nitrogen functional groups attached to an aromatic ring is 1. The van der Waals surface area contributed by atoms with Gasteiger partial charge in [-0.05, 0) is 50.5 Å². The van der Waals surface area contributed by atoms with Gasteiger partial charge in [-0.1, -0.05) is 42.5 Å². The van der Waals surface area contributed by atoms with Gasteiger partial charge < -0.3 is 29.8 Å². The van der Waals surface area contributed by atoms with Crippen LogP contribution >= 0.6 is 0 Å². The zero-order valence-electron chi connectivity index (χ0n) is 21.9. The van der Waals surface area contributed by atoms with Crippen LogP contribution in [0.2, 0.25) is 0 Å². The number of hydrogen-bond acceptors (Lipinski definition) is 7. The summed E-state index contributed by atoms with van der Waals surface area (Å²) in [4.78, 5) is 23.2. The first kappa shape index (κ1) is 25.5. The number of benzene rings is 2. The Morgan fingerprint density at radius 2 is 1.84 bits per heavy atom. The van der Waals surface area contributed by atoms with E-state index in [2.05, 4.69) is 9.97 Å². The molecule has 1 fully saturated rings. The van der Waals surface area contributed by atoms with Crippen molar-refractivity contribution in [3.05, 3.63) is 72.7 Å². The molecule has 2 aromatic heterocycles. The van der Waals surface area contributed by atoms with Gasteiger partial charge in [-0.25, -0.2) is 14.8 Å². The van der Waals surface area contributed by atoms with Crippen molar-refractivity contribution in [2.24, 2.45) is 0 Å². The number of amides is 1. The van der Waals surface area contributed by atoms with Crippen molar-refractivity contribution in [2.75, 3.05) is 18.9 Å². The van der Waals surface area contributed by atoms with Gasteiger partial charge in [0.05, 0.1) is 24.1 Å². The third kappa shape index (κ3) is 5.28. The molecule has 0 radical (unpaired) electrons. The average Bonchev–Trinajstić information content (AvgIpc) is 3.50. The number of carbonyl (C=O) groups is 1. The smallest absolute Gasteiger partial charge is 0.410 e. The zero-order chi connectivity index (χ0) is 26.9. The van der Waals surface area contributed by atoms with Crippen molar-refractivity contribution in [1.29, 1.82) is 0 Å². The number of ether oxygens (including phenoxy) is 2. The Morgan fingerprint density at radius 1 is 1.11 bits per heavy atom. The number of nitrogens with two attached hydrogens (primary N) is 1. The van der Waals surface area contributed by atoms with Gasteiger partial charge in [0.2, 0.25) is 0 Å². The molecule has 0 bridgehead atoms. The molecule has 9 nitrogen and oxygen atoms in total. The second-order valence-electron chi connectivity index (χ2n) is 10.6. The summed E-state index contributed by atoms with van der Waals surface area (Å²) in [5.74, 6) is 1.15. The maximum atomic E-state index is 12.9. The fourth-order valence-electron chi connectivity index (χ4n) is 4.89. The topological polar surface area (TPSA) is 116 Å². The normalized spacial score (nSPS) is 17.6. The molecule has 4 aromatic rings.